The number of nitrogens with zero attached hydrogens (tertiary/aromatic N) is 3. The quantitative estimate of drug-likeness (QED) is 0.183. The van der Waals surface area contributed by atoms with Crippen LogP contribution in [-0.2, 0) is 0 Å². The summed E-state index contributed by atoms with van der Waals surface area (Å²) in [6.07, 6.45) is 0. The number of aromatic nitrogens is 3. The molecule has 0 fully saturated rings. The summed E-state index contributed by atoms with van der Waals surface area (Å²) >= 11 is 0. The van der Waals surface area contributed by atoms with Crippen molar-refractivity contribution in [3.05, 3.63) is 176 Å². The number of hydrogen-bond acceptors (Lipinski definition) is 4. The third kappa shape index (κ3) is 4.47. The zero-order valence-corrected chi connectivity index (χ0v) is 29.4. The molecule has 4 heterocycles. The molecule has 12 rings (SSSR count). The molecule has 0 saturated heterocycles. The summed E-state index contributed by atoms with van der Waals surface area (Å²) < 4.78 is 15.8. The van der Waals surface area contributed by atoms with Crippen molar-refractivity contribution >= 4 is 76.6 Å². The van der Waals surface area contributed by atoms with Crippen molar-refractivity contribution in [3.8, 4) is 39.5 Å². The maximum atomic E-state index is 6.88. The Morgan fingerprint density at radius 1 is 0.418 bits per heavy atom. The van der Waals surface area contributed by atoms with Crippen LogP contribution in [-0.4, -0.2) is 14.5 Å². The Labute approximate surface area is 314 Å². The molecule has 4 aromatic heterocycles. The SMILES string of the molecule is c1ccc(-c2ccc3oc4c(-c5ccccc5)nc(-c5ccc(-n6c7ccccc7c7cc8ccccc8cc76)c6oc7ccccc7c56)nc4c3c2)cc1. The Hall–Kier alpha value is -7.50. The molecule has 256 valence electrons. The van der Waals surface area contributed by atoms with E-state index in [4.69, 9.17) is 18.8 Å². The summed E-state index contributed by atoms with van der Waals surface area (Å²) in [7, 11) is 0. The molecular weight excluding hydrogens is 675 g/mol. The molecule has 5 nitrogen and oxygen atoms in total. The molecule has 0 radical (unpaired) electrons. The first-order valence-electron chi connectivity index (χ1n) is 18.5. The van der Waals surface area contributed by atoms with E-state index in [1.807, 2.05) is 42.5 Å². The topological polar surface area (TPSA) is 57.0 Å². The molecule has 0 unspecified atom stereocenters. The Kier molecular flexibility index (Phi) is 6.27. The Morgan fingerprint density at radius 3 is 1.93 bits per heavy atom. The first-order chi connectivity index (χ1) is 27.3. The van der Waals surface area contributed by atoms with Crippen LogP contribution in [0.5, 0.6) is 0 Å². The van der Waals surface area contributed by atoms with Crippen LogP contribution in [0.4, 0.5) is 0 Å². The lowest BCUT2D eigenvalue weighted by molar-refractivity contribution is 0.666. The first-order valence-corrected chi connectivity index (χ1v) is 18.5. The van der Waals surface area contributed by atoms with Crippen molar-refractivity contribution in [1.82, 2.24) is 14.5 Å². The van der Waals surface area contributed by atoms with E-state index in [0.29, 0.717) is 11.4 Å². The molecular formula is C50H29N3O2. The number of para-hydroxylation sites is 2. The van der Waals surface area contributed by atoms with Gasteiger partial charge in [0.25, 0.3) is 0 Å². The normalized spacial score (nSPS) is 12.0. The lowest BCUT2D eigenvalue weighted by atomic mass is 10.0. The summed E-state index contributed by atoms with van der Waals surface area (Å²) in [5.74, 6) is 0.607. The van der Waals surface area contributed by atoms with Crippen molar-refractivity contribution < 1.29 is 8.83 Å². The van der Waals surface area contributed by atoms with E-state index in [1.54, 1.807) is 0 Å². The maximum Gasteiger partial charge on any atom is 0.180 e. The van der Waals surface area contributed by atoms with Crippen LogP contribution in [0.3, 0.4) is 0 Å². The van der Waals surface area contributed by atoms with Crippen LogP contribution in [0, 0.1) is 0 Å². The first kappa shape index (κ1) is 30.0. The average molecular weight is 704 g/mol. The predicted octanol–water partition coefficient (Wildman–Crippen LogP) is 13.5. The van der Waals surface area contributed by atoms with Crippen molar-refractivity contribution in [2.24, 2.45) is 0 Å². The number of fused-ring (bicyclic) bond motifs is 10. The highest BCUT2D eigenvalue weighted by Gasteiger charge is 2.24. The predicted molar refractivity (Wildman–Crippen MR) is 225 cm³/mol. The second-order valence-electron chi connectivity index (χ2n) is 14.1. The van der Waals surface area contributed by atoms with E-state index in [1.165, 1.54) is 21.5 Å². The largest absolute Gasteiger partial charge is 0.454 e. The second kappa shape index (κ2) is 11.5. The second-order valence-corrected chi connectivity index (χ2v) is 14.1. The fourth-order valence-electron chi connectivity index (χ4n) is 8.46. The van der Waals surface area contributed by atoms with E-state index in [9.17, 15) is 0 Å². The minimum atomic E-state index is 0.607. The summed E-state index contributed by atoms with van der Waals surface area (Å²) in [4.78, 5) is 10.7. The fourth-order valence-corrected chi connectivity index (χ4v) is 8.46. The van der Waals surface area contributed by atoms with Crippen LogP contribution < -0.4 is 0 Å². The third-order valence-corrected chi connectivity index (χ3v) is 11.0. The molecule has 0 aliphatic heterocycles. The van der Waals surface area contributed by atoms with Crippen LogP contribution >= 0.6 is 0 Å². The molecule has 5 heteroatoms. The van der Waals surface area contributed by atoms with Gasteiger partial charge in [0.2, 0.25) is 0 Å². The van der Waals surface area contributed by atoms with Gasteiger partial charge < -0.3 is 13.4 Å². The summed E-state index contributed by atoms with van der Waals surface area (Å²) in [5.41, 5.74) is 11.8. The van der Waals surface area contributed by atoms with E-state index in [0.717, 1.165) is 83.1 Å². The highest BCUT2D eigenvalue weighted by molar-refractivity contribution is 6.18. The Bertz CT molecular complexity index is 3480. The van der Waals surface area contributed by atoms with Gasteiger partial charge in [0.1, 0.15) is 22.4 Å². The van der Waals surface area contributed by atoms with Gasteiger partial charge in [-0.05, 0) is 70.4 Å². The lowest BCUT2D eigenvalue weighted by Gasteiger charge is -2.12. The molecule has 0 bridgehead atoms. The summed E-state index contributed by atoms with van der Waals surface area (Å²) in [6.45, 7) is 0. The highest BCUT2D eigenvalue weighted by atomic mass is 16.3. The van der Waals surface area contributed by atoms with Crippen LogP contribution in [0.1, 0.15) is 0 Å². The molecule has 0 atom stereocenters. The summed E-state index contributed by atoms with van der Waals surface area (Å²) in [6, 6.07) is 61.3. The van der Waals surface area contributed by atoms with E-state index >= 15 is 0 Å². The molecule has 0 spiro atoms. The van der Waals surface area contributed by atoms with Gasteiger partial charge in [0, 0.05) is 38.1 Å². The number of furan rings is 2. The zero-order valence-electron chi connectivity index (χ0n) is 29.4. The highest BCUT2D eigenvalue weighted by Crippen LogP contribution is 2.44. The van der Waals surface area contributed by atoms with Crippen molar-refractivity contribution in [1.29, 1.82) is 0 Å². The van der Waals surface area contributed by atoms with Crippen molar-refractivity contribution in [2.45, 2.75) is 0 Å². The summed E-state index contributed by atoms with van der Waals surface area (Å²) in [5, 5.41) is 7.72. The molecule has 0 saturated carbocycles. The van der Waals surface area contributed by atoms with Gasteiger partial charge in [-0.15, -0.1) is 0 Å². The van der Waals surface area contributed by atoms with E-state index < -0.39 is 0 Å². The van der Waals surface area contributed by atoms with Crippen LogP contribution in [0.25, 0.3) is 116 Å². The molecule has 0 aliphatic carbocycles. The number of benzene rings is 8. The van der Waals surface area contributed by atoms with E-state index in [2.05, 4.69) is 138 Å². The van der Waals surface area contributed by atoms with E-state index in [-0.39, 0.29) is 0 Å². The monoisotopic (exact) mass is 703 g/mol. The minimum Gasteiger partial charge on any atom is -0.454 e. The average Bonchev–Trinajstić information content (AvgIpc) is 3.92. The fraction of sp³-hybridized carbons (Fsp3) is 0. The van der Waals surface area contributed by atoms with Gasteiger partial charge in [0.15, 0.2) is 17.0 Å². The zero-order chi connectivity index (χ0) is 36.0. The lowest BCUT2D eigenvalue weighted by Crippen LogP contribution is -1.98. The molecule has 8 aromatic carbocycles. The van der Waals surface area contributed by atoms with Gasteiger partial charge in [-0.3, -0.25) is 0 Å². The molecule has 0 aliphatic rings. The van der Waals surface area contributed by atoms with Gasteiger partial charge in [0.05, 0.1) is 16.7 Å². The van der Waals surface area contributed by atoms with Crippen LogP contribution in [0.15, 0.2) is 185 Å². The van der Waals surface area contributed by atoms with Gasteiger partial charge in [-0.25, -0.2) is 9.97 Å². The van der Waals surface area contributed by atoms with Crippen LogP contribution in [0.2, 0.25) is 0 Å². The molecule has 55 heavy (non-hydrogen) atoms. The van der Waals surface area contributed by atoms with Crippen molar-refractivity contribution in [3.63, 3.8) is 0 Å². The van der Waals surface area contributed by atoms with Crippen molar-refractivity contribution in [2.75, 3.05) is 0 Å². The third-order valence-electron chi connectivity index (χ3n) is 11.0. The standard InChI is InChI=1S/C50H29N3O2/c1-3-13-30(14-4-1)34-23-26-44-39(28-34)47-49(55-44)46(31-15-5-2-6-16-31)51-50(52-47)37-24-25-41(48-45(37)36-20-10-12-22-43(36)54-48)53-40-21-11-9-19-35(40)38-27-32-17-7-8-18-33(32)29-42(38)53/h1-29H. The van der Waals surface area contributed by atoms with Gasteiger partial charge >= 0.3 is 0 Å². The Balaban J connectivity index is 1.17. The molecule has 12 aromatic rings. The minimum absolute atomic E-state index is 0.607. The smallest absolute Gasteiger partial charge is 0.180 e. The van der Waals surface area contributed by atoms with Gasteiger partial charge in [-0.2, -0.15) is 0 Å². The molecule has 0 amide bonds. The molecule has 0 N–H and O–H groups in total. The maximum absolute atomic E-state index is 6.88. The number of hydrogen-bond donors (Lipinski definition) is 0. The van der Waals surface area contributed by atoms with Gasteiger partial charge in [-0.1, -0.05) is 127 Å². The Morgan fingerprint density at radius 2 is 1.09 bits per heavy atom. The number of rotatable bonds is 4.